The molecule has 0 bridgehead atoms. The number of rotatable bonds is 5. The largest absolute Gasteiger partial charge is 0.264 e. The molecule has 7 heteroatoms. The first-order chi connectivity index (χ1) is 9.94. The van der Waals surface area contributed by atoms with E-state index in [1.54, 1.807) is 18.3 Å². The Morgan fingerprint density at radius 1 is 1.24 bits per heavy atom. The van der Waals surface area contributed by atoms with Crippen LogP contribution < -0.4 is 4.31 Å². The molecule has 0 spiro atoms. The molecule has 0 saturated heterocycles. The fourth-order valence-corrected chi connectivity index (χ4v) is 2.94. The predicted octanol–water partition coefficient (Wildman–Crippen LogP) is 2.72. The van der Waals surface area contributed by atoms with Crippen LogP contribution in [-0.2, 0) is 16.6 Å². The molecule has 0 aliphatic rings. The first-order valence-electron chi connectivity index (χ1n) is 6.28. The third-order valence-corrected chi connectivity index (χ3v) is 4.65. The van der Waals surface area contributed by atoms with Crippen molar-refractivity contribution < 1.29 is 17.2 Å². The molecule has 0 saturated carbocycles. The van der Waals surface area contributed by atoms with Gasteiger partial charge in [-0.1, -0.05) is 6.07 Å². The topological polar surface area (TPSA) is 50.3 Å². The minimum Gasteiger partial charge on any atom is -0.264 e. The van der Waals surface area contributed by atoms with Crippen molar-refractivity contribution >= 4 is 15.7 Å². The molecule has 0 amide bonds. The van der Waals surface area contributed by atoms with Crippen molar-refractivity contribution in [2.75, 3.05) is 10.1 Å². The summed E-state index contributed by atoms with van der Waals surface area (Å²) in [5.74, 6) is -1.87. The van der Waals surface area contributed by atoms with Gasteiger partial charge in [0.2, 0.25) is 10.0 Å². The number of nitrogens with zero attached hydrogens (tertiary/aromatic N) is 2. The van der Waals surface area contributed by atoms with E-state index in [1.165, 1.54) is 13.1 Å². The Kier molecular flexibility index (Phi) is 4.52. The maximum atomic E-state index is 13.9. The van der Waals surface area contributed by atoms with Crippen LogP contribution in [0, 0.1) is 11.6 Å². The van der Waals surface area contributed by atoms with Gasteiger partial charge in [-0.15, -0.1) is 0 Å². The number of halogens is 2. The van der Waals surface area contributed by atoms with Gasteiger partial charge in [-0.05, 0) is 30.7 Å². The Balaban J connectivity index is 2.46. The van der Waals surface area contributed by atoms with E-state index in [2.05, 4.69) is 4.98 Å². The highest BCUT2D eigenvalue weighted by Gasteiger charge is 2.24. The van der Waals surface area contributed by atoms with Gasteiger partial charge in [0.1, 0.15) is 11.6 Å². The zero-order chi connectivity index (χ0) is 15.5. The van der Waals surface area contributed by atoms with Gasteiger partial charge in [0.25, 0.3) is 0 Å². The number of pyridine rings is 1. The molecule has 0 aliphatic carbocycles. The van der Waals surface area contributed by atoms with E-state index in [0.717, 1.165) is 16.4 Å². The summed E-state index contributed by atoms with van der Waals surface area (Å²) in [6.45, 7) is 1.40. The fourth-order valence-electron chi connectivity index (χ4n) is 1.83. The zero-order valence-electron chi connectivity index (χ0n) is 11.3. The molecule has 2 rings (SSSR count). The number of benzene rings is 1. The lowest BCUT2D eigenvalue weighted by Crippen LogP contribution is -2.32. The second-order valence-electron chi connectivity index (χ2n) is 4.36. The normalized spacial score (nSPS) is 11.4. The van der Waals surface area contributed by atoms with Gasteiger partial charge in [0, 0.05) is 18.5 Å². The minimum atomic E-state index is -3.70. The molecule has 0 atom stereocenters. The molecular formula is C14H14F2N2O2S. The van der Waals surface area contributed by atoms with Crippen LogP contribution in [-0.4, -0.2) is 19.2 Å². The van der Waals surface area contributed by atoms with E-state index in [9.17, 15) is 17.2 Å². The third-order valence-electron chi connectivity index (χ3n) is 2.93. The SMILES string of the molecule is CCS(=O)(=O)N(Cc1cccnc1)c1ccc(F)cc1F. The highest BCUT2D eigenvalue weighted by atomic mass is 32.2. The first-order valence-corrected chi connectivity index (χ1v) is 7.89. The van der Waals surface area contributed by atoms with E-state index in [4.69, 9.17) is 0 Å². The van der Waals surface area contributed by atoms with E-state index in [-0.39, 0.29) is 18.0 Å². The Labute approximate surface area is 122 Å². The van der Waals surface area contributed by atoms with E-state index in [1.807, 2.05) is 0 Å². The number of aromatic nitrogens is 1. The summed E-state index contributed by atoms with van der Waals surface area (Å²) in [5.41, 5.74) is 0.431. The molecule has 0 radical (unpaired) electrons. The van der Waals surface area contributed by atoms with Crippen molar-refractivity contribution in [3.63, 3.8) is 0 Å². The minimum absolute atomic E-state index is 0.0629. The number of hydrogen-bond donors (Lipinski definition) is 0. The van der Waals surface area contributed by atoms with E-state index >= 15 is 0 Å². The highest BCUT2D eigenvalue weighted by molar-refractivity contribution is 7.92. The number of hydrogen-bond acceptors (Lipinski definition) is 3. The molecular weight excluding hydrogens is 298 g/mol. The number of sulfonamides is 1. The van der Waals surface area contributed by atoms with Gasteiger partial charge in [-0.25, -0.2) is 17.2 Å². The summed E-state index contributed by atoms with van der Waals surface area (Å²) in [6.07, 6.45) is 3.06. The fraction of sp³-hybridized carbons (Fsp3) is 0.214. The lowest BCUT2D eigenvalue weighted by Gasteiger charge is -2.24. The smallest absolute Gasteiger partial charge is 0.235 e. The van der Waals surface area contributed by atoms with E-state index in [0.29, 0.717) is 11.6 Å². The molecule has 1 aromatic heterocycles. The van der Waals surface area contributed by atoms with Crippen LogP contribution in [0.15, 0.2) is 42.7 Å². The maximum absolute atomic E-state index is 13.9. The van der Waals surface area contributed by atoms with Crippen LogP contribution in [0.25, 0.3) is 0 Å². The quantitative estimate of drug-likeness (QED) is 0.853. The van der Waals surface area contributed by atoms with E-state index < -0.39 is 21.7 Å². The van der Waals surface area contributed by atoms with Crippen LogP contribution >= 0.6 is 0 Å². The lowest BCUT2D eigenvalue weighted by atomic mass is 10.2. The summed E-state index contributed by atoms with van der Waals surface area (Å²) in [4.78, 5) is 3.90. The average Bonchev–Trinajstić information content (AvgIpc) is 2.46. The Morgan fingerprint density at radius 2 is 2.00 bits per heavy atom. The Hall–Kier alpha value is -2.02. The van der Waals surface area contributed by atoms with Crippen molar-refractivity contribution in [3.05, 3.63) is 59.9 Å². The van der Waals surface area contributed by atoms with Crippen molar-refractivity contribution in [2.45, 2.75) is 13.5 Å². The second kappa shape index (κ2) is 6.17. The van der Waals surface area contributed by atoms with Crippen LogP contribution in [0.1, 0.15) is 12.5 Å². The monoisotopic (exact) mass is 312 g/mol. The Bertz CT molecular complexity index is 721. The van der Waals surface area contributed by atoms with Gasteiger partial charge < -0.3 is 0 Å². The highest BCUT2D eigenvalue weighted by Crippen LogP contribution is 2.25. The van der Waals surface area contributed by atoms with Gasteiger partial charge in [-0.3, -0.25) is 9.29 Å². The summed E-state index contributed by atoms with van der Waals surface area (Å²) in [6, 6.07) is 6.16. The summed E-state index contributed by atoms with van der Waals surface area (Å²) >= 11 is 0. The van der Waals surface area contributed by atoms with Crippen molar-refractivity contribution in [1.29, 1.82) is 0 Å². The molecule has 0 fully saturated rings. The molecule has 1 heterocycles. The van der Waals surface area contributed by atoms with Crippen LogP contribution in [0.4, 0.5) is 14.5 Å². The van der Waals surface area contributed by atoms with Gasteiger partial charge in [0.15, 0.2) is 0 Å². The van der Waals surface area contributed by atoms with Crippen molar-refractivity contribution in [2.24, 2.45) is 0 Å². The second-order valence-corrected chi connectivity index (χ2v) is 6.55. The first kappa shape index (κ1) is 15.4. The van der Waals surface area contributed by atoms with Gasteiger partial charge >= 0.3 is 0 Å². The molecule has 0 unspecified atom stereocenters. The number of anilines is 1. The van der Waals surface area contributed by atoms with Crippen molar-refractivity contribution in [1.82, 2.24) is 4.98 Å². The summed E-state index contributed by atoms with van der Waals surface area (Å²) in [5, 5.41) is 0. The molecule has 21 heavy (non-hydrogen) atoms. The predicted molar refractivity (Wildman–Crippen MR) is 76.2 cm³/mol. The van der Waals surface area contributed by atoms with Crippen molar-refractivity contribution in [3.8, 4) is 0 Å². The van der Waals surface area contributed by atoms with Crippen LogP contribution in [0.3, 0.4) is 0 Å². The standard InChI is InChI=1S/C14H14F2N2O2S/c1-2-21(19,20)18(10-11-4-3-7-17-9-11)14-6-5-12(15)8-13(14)16/h3-9H,2,10H2,1H3. The van der Waals surface area contributed by atoms with Crippen LogP contribution in [0.5, 0.6) is 0 Å². The lowest BCUT2D eigenvalue weighted by molar-refractivity contribution is 0.573. The van der Waals surface area contributed by atoms with Gasteiger partial charge in [0.05, 0.1) is 18.0 Å². The molecule has 1 aromatic carbocycles. The molecule has 2 aromatic rings. The molecule has 112 valence electrons. The maximum Gasteiger partial charge on any atom is 0.235 e. The van der Waals surface area contributed by atoms with Gasteiger partial charge in [-0.2, -0.15) is 0 Å². The zero-order valence-corrected chi connectivity index (χ0v) is 12.1. The van der Waals surface area contributed by atoms with Crippen LogP contribution in [0.2, 0.25) is 0 Å². The molecule has 0 N–H and O–H groups in total. The average molecular weight is 312 g/mol. The Morgan fingerprint density at radius 3 is 2.57 bits per heavy atom. The summed E-state index contributed by atoms with van der Waals surface area (Å²) in [7, 11) is -3.70. The summed E-state index contributed by atoms with van der Waals surface area (Å²) < 4.78 is 52.2. The third kappa shape index (κ3) is 3.55. The molecule has 4 nitrogen and oxygen atoms in total. The molecule has 0 aliphatic heterocycles.